The average Bonchev–Trinajstić information content (AvgIpc) is 3.02. The van der Waals surface area contributed by atoms with Crippen LogP contribution in [0.2, 0.25) is 0 Å². The number of Topliss-reactive ketones (excluding diaryl/α,β-unsaturated/α-hetero) is 1. The average molecular weight is 343 g/mol. The fraction of sp³-hybridized carbons (Fsp3) is 0.556. The highest BCUT2D eigenvalue weighted by atomic mass is 16.5. The van der Waals surface area contributed by atoms with Gasteiger partial charge in [-0.15, -0.1) is 0 Å². The molecule has 0 saturated carbocycles. The van der Waals surface area contributed by atoms with E-state index in [9.17, 15) is 14.4 Å². The van der Waals surface area contributed by atoms with Gasteiger partial charge in [-0.3, -0.25) is 19.1 Å². The molecule has 1 fully saturated rings. The number of ketones is 1. The SMILES string of the molecule is CC1(C)CC(=O)c2cnc3c(c2C1)c(=O)[nH]c(=O)n3CC1CCCO1. The number of aromatic nitrogens is 3. The summed E-state index contributed by atoms with van der Waals surface area (Å²) in [4.78, 5) is 44.0. The van der Waals surface area contributed by atoms with Crippen LogP contribution in [0.1, 0.15) is 49.0 Å². The normalized spacial score (nSPS) is 22.3. The second-order valence-corrected chi connectivity index (χ2v) is 7.79. The van der Waals surface area contributed by atoms with Gasteiger partial charge in [-0.25, -0.2) is 9.78 Å². The highest BCUT2D eigenvalue weighted by Crippen LogP contribution is 2.36. The molecule has 2 aromatic heterocycles. The van der Waals surface area contributed by atoms with Crippen molar-refractivity contribution in [3.63, 3.8) is 0 Å². The number of nitrogens with one attached hydrogen (secondary N) is 1. The van der Waals surface area contributed by atoms with Crippen LogP contribution in [0.5, 0.6) is 0 Å². The van der Waals surface area contributed by atoms with Gasteiger partial charge in [0.25, 0.3) is 5.56 Å². The molecule has 1 unspecified atom stereocenters. The molecule has 4 rings (SSSR count). The topological polar surface area (TPSA) is 94.0 Å². The number of aromatic amines is 1. The fourth-order valence-electron chi connectivity index (χ4n) is 3.96. The lowest BCUT2D eigenvalue weighted by molar-refractivity contribution is 0.0911. The number of hydrogen-bond donors (Lipinski definition) is 1. The van der Waals surface area contributed by atoms with Crippen molar-refractivity contribution in [1.82, 2.24) is 14.5 Å². The van der Waals surface area contributed by atoms with Gasteiger partial charge in [-0.2, -0.15) is 0 Å². The van der Waals surface area contributed by atoms with Gasteiger partial charge in [0.2, 0.25) is 0 Å². The molecule has 0 radical (unpaired) electrons. The zero-order chi connectivity index (χ0) is 17.8. The molecule has 7 nitrogen and oxygen atoms in total. The van der Waals surface area contributed by atoms with Crippen molar-refractivity contribution in [2.75, 3.05) is 6.61 Å². The summed E-state index contributed by atoms with van der Waals surface area (Å²) in [6, 6.07) is 0. The van der Waals surface area contributed by atoms with Crippen molar-refractivity contribution >= 4 is 16.8 Å². The Morgan fingerprint density at radius 2 is 2.12 bits per heavy atom. The molecular formula is C18H21N3O4. The first kappa shape index (κ1) is 16.2. The molecule has 1 aliphatic heterocycles. The van der Waals surface area contributed by atoms with Crippen LogP contribution in [0.15, 0.2) is 15.8 Å². The minimum absolute atomic E-state index is 0.00285. The van der Waals surface area contributed by atoms with E-state index in [1.165, 1.54) is 10.8 Å². The Bertz CT molecular complexity index is 980. The number of nitrogens with zero attached hydrogens (tertiary/aromatic N) is 2. The summed E-state index contributed by atoms with van der Waals surface area (Å²) in [5.74, 6) is -0.00285. The molecule has 2 aromatic rings. The van der Waals surface area contributed by atoms with Crippen molar-refractivity contribution in [3.8, 4) is 0 Å². The highest BCUT2D eigenvalue weighted by molar-refractivity contribution is 6.02. The van der Waals surface area contributed by atoms with Crippen molar-refractivity contribution in [3.05, 3.63) is 38.2 Å². The summed E-state index contributed by atoms with van der Waals surface area (Å²) >= 11 is 0. The van der Waals surface area contributed by atoms with Crippen molar-refractivity contribution in [1.29, 1.82) is 0 Å². The third-order valence-corrected chi connectivity index (χ3v) is 5.12. The summed E-state index contributed by atoms with van der Waals surface area (Å²) < 4.78 is 7.09. The molecule has 1 atom stereocenters. The number of carbonyl (C=O) groups excluding carboxylic acids is 1. The highest BCUT2D eigenvalue weighted by Gasteiger charge is 2.33. The molecular weight excluding hydrogens is 322 g/mol. The minimum Gasteiger partial charge on any atom is -0.376 e. The van der Waals surface area contributed by atoms with Gasteiger partial charge in [0.15, 0.2) is 5.78 Å². The number of H-pyrrole nitrogens is 1. The van der Waals surface area contributed by atoms with Crippen molar-refractivity contribution < 1.29 is 9.53 Å². The van der Waals surface area contributed by atoms with Crippen molar-refractivity contribution in [2.24, 2.45) is 5.41 Å². The third kappa shape index (κ3) is 2.72. The number of hydrogen-bond acceptors (Lipinski definition) is 5. The molecule has 0 bridgehead atoms. The van der Waals surface area contributed by atoms with Crippen LogP contribution in [0.3, 0.4) is 0 Å². The molecule has 132 valence electrons. The standard InChI is InChI=1S/C18H21N3O4/c1-18(2)6-11-12(13(22)7-18)8-19-15-14(11)16(23)20-17(24)21(15)9-10-4-3-5-25-10/h8,10H,3-7,9H2,1-2H3,(H,20,23,24). The van der Waals surface area contributed by atoms with Gasteiger partial charge < -0.3 is 4.74 Å². The van der Waals surface area contributed by atoms with E-state index in [1.54, 1.807) is 0 Å². The maximum absolute atomic E-state index is 12.5. The summed E-state index contributed by atoms with van der Waals surface area (Å²) in [5, 5.41) is 0.358. The Labute approximate surface area is 144 Å². The molecule has 1 saturated heterocycles. The van der Waals surface area contributed by atoms with Crippen LogP contribution < -0.4 is 11.2 Å². The molecule has 1 N–H and O–H groups in total. The number of carbonyl (C=O) groups is 1. The Balaban J connectivity index is 1.96. The second-order valence-electron chi connectivity index (χ2n) is 7.79. The zero-order valence-electron chi connectivity index (χ0n) is 14.4. The van der Waals surface area contributed by atoms with Gasteiger partial charge in [-0.05, 0) is 30.2 Å². The minimum atomic E-state index is -0.484. The molecule has 3 heterocycles. The molecule has 7 heteroatoms. The molecule has 1 aliphatic carbocycles. The zero-order valence-corrected chi connectivity index (χ0v) is 14.4. The van der Waals surface area contributed by atoms with Crippen LogP contribution in [-0.4, -0.2) is 33.0 Å². The Hall–Kier alpha value is -2.28. The van der Waals surface area contributed by atoms with Crippen LogP contribution >= 0.6 is 0 Å². The smallest absolute Gasteiger partial charge is 0.330 e. The third-order valence-electron chi connectivity index (χ3n) is 5.12. The lowest BCUT2D eigenvalue weighted by Gasteiger charge is -2.30. The summed E-state index contributed by atoms with van der Waals surface area (Å²) in [6.07, 6.45) is 4.34. The lowest BCUT2D eigenvalue weighted by atomic mass is 9.73. The first-order chi connectivity index (χ1) is 11.9. The number of fused-ring (bicyclic) bond motifs is 3. The van der Waals surface area contributed by atoms with Gasteiger partial charge >= 0.3 is 5.69 Å². The lowest BCUT2D eigenvalue weighted by Crippen LogP contribution is -2.36. The van der Waals surface area contributed by atoms with Crippen LogP contribution in [-0.2, 0) is 17.7 Å². The van der Waals surface area contributed by atoms with E-state index in [4.69, 9.17) is 4.74 Å². The first-order valence-electron chi connectivity index (χ1n) is 8.65. The van der Waals surface area contributed by atoms with Gasteiger partial charge in [0.1, 0.15) is 5.65 Å². The molecule has 0 aromatic carbocycles. The summed E-state index contributed by atoms with van der Waals surface area (Å²) in [5.41, 5.74) is 0.363. The van der Waals surface area contributed by atoms with Gasteiger partial charge in [0, 0.05) is 24.8 Å². The van der Waals surface area contributed by atoms with Crippen LogP contribution in [0.25, 0.3) is 11.0 Å². The van der Waals surface area contributed by atoms with E-state index < -0.39 is 11.2 Å². The van der Waals surface area contributed by atoms with Gasteiger partial charge in [-0.1, -0.05) is 13.8 Å². The van der Waals surface area contributed by atoms with E-state index in [0.29, 0.717) is 48.2 Å². The van der Waals surface area contributed by atoms with E-state index in [2.05, 4.69) is 9.97 Å². The maximum Gasteiger partial charge on any atom is 0.330 e. The monoisotopic (exact) mass is 343 g/mol. The van der Waals surface area contributed by atoms with E-state index in [0.717, 1.165) is 12.8 Å². The predicted molar refractivity (Wildman–Crippen MR) is 92.0 cm³/mol. The first-order valence-corrected chi connectivity index (χ1v) is 8.65. The van der Waals surface area contributed by atoms with E-state index >= 15 is 0 Å². The Kier molecular flexibility index (Phi) is 3.64. The quantitative estimate of drug-likeness (QED) is 0.890. The number of rotatable bonds is 2. The van der Waals surface area contributed by atoms with E-state index in [-0.39, 0.29) is 17.3 Å². The summed E-state index contributed by atoms with van der Waals surface area (Å²) in [6.45, 7) is 5.06. The fourth-order valence-corrected chi connectivity index (χ4v) is 3.96. The van der Waals surface area contributed by atoms with Crippen LogP contribution in [0.4, 0.5) is 0 Å². The Morgan fingerprint density at radius 3 is 2.84 bits per heavy atom. The van der Waals surface area contributed by atoms with Crippen LogP contribution in [0, 0.1) is 5.41 Å². The molecule has 0 spiro atoms. The molecule has 0 amide bonds. The molecule has 2 aliphatic rings. The summed E-state index contributed by atoms with van der Waals surface area (Å²) in [7, 11) is 0. The largest absolute Gasteiger partial charge is 0.376 e. The molecule has 25 heavy (non-hydrogen) atoms. The number of pyridine rings is 1. The Morgan fingerprint density at radius 1 is 1.32 bits per heavy atom. The van der Waals surface area contributed by atoms with Crippen molar-refractivity contribution in [2.45, 2.75) is 52.2 Å². The number of ether oxygens (including phenoxy) is 1. The van der Waals surface area contributed by atoms with E-state index in [1.807, 2.05) is 13.8 Å². The maximum atomic E-state index is 12.5. The predicted octanol–water partition coefficient (Wildman–Crippen LogP) is 1.42. The van der Waals surface area contributed by atoms with Gasteiger partial charge in [0.05, 0.1) is 18.0 Å². The second kappa shape index (κ2) is 5.62.